The molecule has 0 aromatic heterocycles. The molecule has 2 fully saturated rings. The molecular weight excluding hydrogens is 522 g/mol. The molecule has 0 bridgehead atoms. The van der Waals surface area contributed by atoms with E-state index in [1.807, 2.05) is 6.07 Å². The Morgan fingerprint density at radius 1 is 1.22 bits per heavy atom. The van der Waals surface area contributed by atoms with Gasteiger partial charge in [0, 0.05) is 31.7 Å². The van der Waals surface area contributed by atoms with Crippen LogP contribution in [0.15, 0.2) is 27.7 Å². The minimum Gasteiger partial charge on any atom is -0.357 e. The van der Waals surface area contributed by atoms with Crippen LogP contribution < -0.4 is 10.6 Å². The molecule has 2 aliphatic rings. The highest BCUT2D eigenvalue weighted by Crippen LogP contribution is 2.26. The first kappa shape index (κ1) is 22.9. The summed E-state index contributed by atoms with van der Waals surface area (Å²) in [5.74, 6) is 0.588. The number of likely N-dealkylation sites (tertiary alicyclic amines) is 1. The fraction of sp³-hybridized carbons (Fsp3) is 0.650. The van der Waals surface area contributed by atoms with Crippen molar-refractivity contribution in [2.24, 2.45) is 4.99 Å². The van der Waals surface area contributed by atoms with Gasteiger partial charge in [-0.3, -0.25) is 0 Å². The number of aliphatic imine (C=N–C) groups is 1. The zero-order valence-corrected chi connectivity index (χ0v) is 19.9. The highest BCUT2D eigenvalue weighted by atomic mass is 127. The van der Waals surface area contributed by atoms with E-state index in [2.05, 4.69) is 43.4 Å². The number of guanidine groups is 1. The summed E-state index contributed by atoms with van der Waals surface area (Å²) in [6, 6.07) is 6.47. The van der Waals surface area contributed by atoms with Crippen molar-refractivity contribution in [1.29, 1.82) is 0 Å². The molecule has 0 atom stereocenters. The Balaban J connectivity index is 0.00000261. The number of nitrogens with one attached hydrogen (secondary N) is 2. The van der Waals surface area contributed by atoms with Crippen LogP contribution in [-0.4, -0.2) is 42.6 Å². The Morgan fingerprint density at radius 3 is 2.56 bits per heavy atom. The number of benzene rings is 1. The second kappa shape index (κ2) is 11.6. The zero-order chi connectivity index (χ0) is 18.4. The van der Waals surface area contributed by atoms with Crippen molar-refractivity contribution in [1.82, 2.24) is 15.5 Å². The molecule has 3 rings (SSSR count). The lowest BCUT2D eigenvalue weighted by Crippen LogP contribution is -2.50. The van der Waals surface area contributed by atoms with Crippen LogP contribution in [0.3, 0.4) is 0 Å². The first-order valence-electron chi connectivity index (χ1n) is 9.88. The molecule has 1 heterocycles. The number of hydrogen-bond donors (Lipinski definition) is 2. The Kier molecular flexibility index (Phi) is 9.79. The number of halogens is 3. The fourth-order valence-corrected chi connectivity index (χ4v) is 4.25. The average molecular weight is 553 g/mol. The van der Waals surface area contributed by atoms with Gasteiger partial charge in [-0.05, 0) is 66.2 Å². The van der Waals surface area contributed by atoms with Gasteiger partial charge in [-0.15, -0.1) is 24.0 Å². The third-order valence-electron chi connectivity index (χ3n) is 5.46. The molecule has 27 heavy (non-hydrogen) atoms. The van der Waals surface area contributed by atoms with E-state index < -0.39 is 0 Å². The van der Waals surface area contributed by atoms with Crippen LogP contribution >= 0.6 is 39.9 Å². The summed E-state index contributed by atoms with van der Waals surface area (Å²) < 4.78 is 14.1. The predicted molar refractivity (Wildman–Crippen MR) is 124 cm³/mol. The highest BCUT2D eigenvalue weighted by Gasteiger charge is 2.27. The molecule has 0 unspecified atom stereocenters. The summed E-state index contributed by atoms with van der Waals surface area (Å²) in [6.45, 7) is 5.72. The van der Waals surface area contributed by atoms with E-state index in [1.54, 1.807) is 6.07 Å². The van der Waals surface area contributed by atoms with E-state index in [9.17, 15) is 4.39 Å². The van der Waals surface area contributed by atoms with Crippen molar-refractivity contribution in [2.75, 3.05) is 19.6 Å². The van der Waals surface area contributed by atoms with Crippen LogP contribution in [0.4, 0.5) is 4.39 Å². The summed E-state index contributed by atoms with van der Waals surface area (Å²) in [5, 5.41) is 6.89. The van der Waals surface area contributed by atoms with Crippen LogP contribution in [0.2, 0.25) is 0 Å². The van der Waals surface area contributed by atoms with Gasteiger partial charge in [0.15, 0.2) is 5.96 Å². The van der Waals surface area contributed by atoms with Crippen LogP contribution in [-0.2, 0) is 6.54 Å². The first-order chi connectivity index (χ1) is 12.7. The minimum absolute atomic E-state index is 0. The molecule has 1 saturated heterocycles. The Bertz CT molecular complexity index is 614. The van der Waals surface area contributed by atoms with Gasteiger partial charge in [0.25, 0.3) is 0 Å². The third-order valence-corrected chi connectivity index (χ3v) is 6.10. The molecule has 1 aromatic carbocycles. The van der Waals surface area contributed by atoms with Crippen molar-refractivity contribution in [3.05, 3.63) is 34.1 Å². The molecule has 1 aliphatic heterocycles. The second-order valence-corrected chi connectivity index (χ2v) is 8.19. The largest absolute Gasteiger partial charge is 0.357 e. The summed E-state index contributed by atoms with van der Waals surface area (Å²) in [5.41, 5.74) is 0.874. The van der Waals surface area contributed by atoms with Gasteiger partial charge in [-0.25, -0.2) is 9.38 Å². The van der Waals surface area contributed by atoms with E-state index in [0.717, 1.165) is 37.0 Å². The van der Waals surface area contributed by atoms with Crippen molar-refractivity contribution in [3.8, 4) is 0 Å². The Hall–Kier alpha value is -0.410. The lowest BCUT2D eigenvalue weighted by atomic mass is 10.0. The normalized spacial score (nSPS) is 19.7. The maximum absolute atomic E-state index is 13.7. The van der Waals surface area contributed by atoms with Gasteiger partial charge < -0.3 is 15.5 Å². The maximum Gasteiger partial charge on any atom is 0.191 e. The van der Waals surface area contributed by atoms with Crippen LogP contribution in [0.25, 0.3) is 0 Å². The van der Waals surface area contributed by atoms with Crippen molar-refractivity contribution < 1.29 is 4.39 Å². The molecular formula is C20H31BrFIN4. The predicted octanol–water partition coefficient (Wildman–Crippen LogP) is 4.67. The summed E-state index contributed by atoms with van der Waals surface area (Å²) >= 11 is 3.19. The molecule has 1 aromatic rings. The van der Waals surface area contributed by atoms with E-state index >= 15 is 0 Å². The smallest absolute Gasteiger partial charge is 0.191 e. The average Bonchev–Trinajstić information content (AvgIpc) is 3.18. The molecule has 0 amide bonds. The SMILES string of the molecule is CCNC(=NCc1ccc(Br)c(F)c1)NC1CCN(C2CCCC2)CC1.I. The molecule has 152 valence electrons. The standard InChI is InChI=1S/C20H30BrFN4.HI/c1-2-23-20(24-14-15-7-8-18(21)19(22)13-15)25-16-9-11-26(12-10-16)17-5-3-4-6-17;/h7-8,13,16-17H,2-6,9-12,14H2,1H3,(H2,23,24,25);1H. The number of rotatable bonds is 5. The molecule has 2 N–H and O–H groups in total. The van der Waals surface area contributed by atoms with Gasteiger partial charge in [0.1, 0.15) is 5.82 Å². The van der Waals surface area contributed by atoms with Crippen LogP contribution in [0.1, 0.15) is 51.0 Å². The zero-order valence-electron chi connectivity index (χ0n) is 16.0. The van der Waals surface area contributed by atoms with Gasteiger partial charge >= 0.3 is 0 Å². The lowest BCUT2D eigenvalue weighted by Gasteiger charge is -2.36. The second-order valence-electron chi connectivity index (χ2n) is 7.34. The van der Waals surface area contributed by atoms with Crippen molar-refractivity contribution in [3.63, 3.8) is 0 Å². The Labute approximate surface area is 187 Å². The van der Waals surface area contributed by atoms with Crippen molar-refractivity contribution >= 4 is 45.9 Å². The molecule has 0 spiro atoms. The van der Waals surface area contributed by atoms with Crippen LogP contribution in [0.5, 0.6) is 0 Å². The van der Waals surface area contributed by atoms with E-state index in [0.29, 0.717) is 17.1 Å². The monoisotopic (exact) mass is 552 g/mol. The topological polar surface area (TPSA) is 39.7 Å². The van der Waals surface area contributed by atoms with Gasteiger partial charge in [-0.1, -0.05) is 18.9 Å². The summed E-state index contributed by atoms with van der Waals surface area (Å²) in [6.07, 6.45) is 7.88. The number of piperidine rings is 1. The molecule has 4 nitrogen and oxygen atoms in total. The fourth-order valence-electron chi connectivity index (χ4n) is 4.00. The van der Waals surface area contributed by atoms with Gasteiger partial charge in [0.05, 0.1) is 11.0 Å². The number of hydrogen-bond acceptors (Lipinski definition) is 2. The first-order valence-corrected chi connectivity index (χ1v) is 10.7. The number of nitrogens with zero attached hydrogens (tertiary/aromatic N) is 2. The van der Waals surface area contributed by atoms with E-state index in [1.165, 1.54) is 44.8 Å². The molecule has 1 aliphatic carbocycles. The summed E-state index contributed by atoms with van der Waals surface area (Å²) in [7, 11) is 0. The Morgan fingerprint density at radius 2 is 1.93 bits per heavy atom. The van der Waals surface area contributed by atoms with E-state index in [4.69, 9.17) is 0 Å². The van der Waals surface area contributed by atoms with Gasteiger partial charge in [-0.2, -0.15) is 0 Å². The molecule has 7 heteroatoms. The van der Waals surface area contributed by atoms with Gasteiger partial charge in [0.2, 0.25) is 0 Å². The minimum atomic E-state index is -0.241. The third kappa shape index (κ3) is 6.85. The molecule has 1 saturated carbocycles. The highest BCUT2D eigenvalue weighted by molar-refractivity contribution is 14.0. The quantitative estimate of drug-likeness (QED) is 0.317. The maximum atomic E-state index is 13.7. The van der Waals surface area contributed by atoms with E-state index in [-0.39, 0.29) is 29.8 Å². The van der Waals surface area contributed by atoms with Crippen molar-refractivity contribution in [2.45, 2.75) is 64.1 Å². The lowest BCUT2D eigenvalue weighted by molar-refractivity contribution is 0.150. The summed E-state index contributed by atoms with van der Waals surface area (Å²) in [4.78, 5) is 7.32. The van der Waals surface area contributed by atoms with Crippen LogP contribution in [0, 0.1) is 5.82 Å². The molecule has 0 radical (unpaired) electrons.